The number of hydrogen-bond donors (Lipinski definition) is 2. The zero-order valence-corrected chi connectivity index (χ0v) is 15.5. The van der Waals surface area contributed by atoms with Crippen LogP contribution in [-0.4, -0.2) is 38.1 Å². The van der Waals surface area contributed by atoms with Gasteiger partial charge in [0.2, 0.25) is 11.8 Å². The summed E-state index contributed by atoms with van der Waals surface area (Å²) in [7, 11) is 1.59. The smallest absolute Gasteiger partial charge is 0.244 e. The number of rotatable bonds is 9. The maximum absolute atomic E-state index is 12.0. The molecule has 0 fully saturated rings. The maximum atomic E-state index is 12.0. The van der Waals surface area contributed by atoms with Crippen LogP contribution in [0.4, 0.5) is 0 Å². The van der Waals surface area contributed by atoms with Gasteiger partial charge in [0.05, 0.1) is 13.7 Å². The van der Waals surface area contributed by atoms with Gasteiger partial charge in [-0.3, -0.25) is 9.59 Å². The Morgan fingerprint density at radius 1 is 1.07 bits per heavy atom. The Morgan fingerprint density at radius 2 is 1.81 bits per heavy atom. The Kier molecular flexibility index (Phi) is 7.91. The van der Waals surface area contributed by atoms with Crippen LogP contribution in [0, 0.1) is 0 Å². The molecule has 6 nitrogen and oxygen atoms in total. The van der Waals surface area contributed by atoms with Crippen LogP contribution < -0.4 is 20.1 Å². The fraction of sp³-hybridized carbons (Fsp3) is 0.238. The first kappa shape index (κ1) is 20.0. The van der Waals surface area contributed by atoms with E-state index in [1.54, 1.807) is 26.2 Å². The van der Waals surface area contributed by atoms with Crippen LogP contribution in [0.25, 0.3) is 6.08 Å². The zero-order valence-electron chi connectivity index (χ0n) is 15.5. The average molecular weight is 368 g/mol. The minimum absolute atomic E-state index is 0.272. The molecule has 27 heavy (non-hydrogen) atoms. The van der Waals surface area contributed by atoms with Gasteiger partial charge in [0.15, 0.2) is 0 Å². The molecule has 0 aliphatic rings. The van der Waals surface area contributed by atoms with Gasteiger partial charge in [-0.1, -0.05) is 36.4 Å². The Balaban J connectivity index is 1.68. The third-order valence-corrected chi connectivity index (χ3v) is 3.69. The van der Waals surface area contributed by atoms with Gasteiger partial charge in [0, 0.05) is 12.1 Å². The molecule has 142 valence electrons. The van der Waals surface area contributed by atoms with Crippen LogP contribution in [0.2, 0.25) is 0 Å². The predicted molar refractivity (Wildman–Crippen MR) is 105 cm³/mol. The summed E-state index contributed by atoms with van der Waals surface area (Å²) in [5.74, 6) is 0.771. The molecule has 2 aromatic rings. The quantitative estimate of drug-likeness (QED) is 0.526. The Bertz CT molecular complexity index is 775. The molecule has 0 aliphatic heterocycles. The summed E-state index contributed by atoms with van der Waals surface area (Å²) in [5, 5.41) is 5.35. The molecule has 1 unspecified atom stereocenters. The summed E-state index contributed by atoms with van der Waals surface area (Å²) in [6.07, 6.45) is 3.10. The van der Waals surface area contributed by atoms with E-state index in [1.807, 2.05) is 48.5 Å². The van der Waals surface area contributed by atoms with Crippen molar-refractivity contribution in [3.8, 4) is 11.5 Å². The van der Waals surface area contributed by atoms with E-state index in [2.05, 4.69) is 10.6 Å². The first-order chi connectivity index (χ1) is 13.1. The van der Waals surface area contributed by atoms with Crippen molar-refractivity contribution in [3.63, 3.8) is 0 Å². The van der Waals surface area contributed by atoms with Crippen LogP contribution in [-0.2, 0) is 9.59 Å². The molecule has 0 radical (unpaired) electrons. The summed E-state index contributed by atoms with van der Waals surface area (Å²) in [6, 6.07) is 16.1. The van der Waals surface area contributed by atoms with Crippen molar-refractivity contribution < 1.29 is 19.1 Å². The highest BCUT2D eigenvalue weighted by molar-refractivity contribution is 5.95. The number of hydrogen-bond acceptors (Lipinski definition) is 4. The molecule has 0 heterocycles. The number of carbonyl (C=O) groups is 2. The Hall–Kier alpha value is -3.28. The molecule has 2 amide bonds. The summed E-state index contributed by atoms with van der Waals surface area (Å²) in [6.45, 7) is 2.27. The van der Waals surface area contributed by atoms with Gasteiger partial charge in [0.25, 0.3) is 0 Å². The predicted octanol–water partition coefficient (Wildman–Crippen LogP) is 2.41. The normalized spacial score (nSPS) is 11.6. The van der Waals surface area contributed by atoms with Crippen molar-refractivity contribution in [1.82, 2.24) is 10.6 Å². The molecule has 2 rings (SSSR count). The molecular weight excluding hydrogens is 344 g/mol. The zero-order chi connectivity index (χ0) is 19.5. The Morgan fingerprint density at radius 3 is 2.56 bits per heavy atom. The van der Waals surface area contributed by atoms with E-state index in [-0.39, 0.29) is 11.8 Å². The van der Waals surface area contributed by atoms with E-state index in [9.17, 15) is 9.59 Å². The molecule has 0 bridgehead atoms. The molecule has 0 saturated carbocycles. The first-order valence-electron chi connectivity index (χ1n) is 8.66. The minimum Gasteiger partial charge on any atom is -0.497 e. The fourth-order valence-electron chi connectivity index (χ4n) is 2.25. The van der Waals surface area contributed by atoms with Gasteiger partial charge in [-0.25, -0.2) is 0 Å². The van der Waals surface area contributed by atoms with E-state index in [0.29, 0.717) is 24.7 Å². The van der Waals surface area contributed by atoms with Crippen LogP contribution in [0.3, 0.4) is 0 Å². The molecule has 6 heteroatoms. The van der Waals surface area contributed by atoms with Crippen molar-refractivity contribution >= 4 is 17.9 Å². The first-order valence-corrected chi connectivity index (χ1v) is 8.66. The van der Waals surface area contributed by atoms with Gasteiger partial charge in [0.1, 0.15) is 24.1 Å². The number of nitrogens with one attached hydrogen (secondary N) is 2. The highest BCUT2D eigenvalue weighted by atomic mass is 16.5. The maximum Gasteiger partial charge on any atom is 0.244 e. The number of benzene rings is 2. The van der Waals surface area contributed by atoms with Gasteiger partial charge in [-0.2, -0.15) is 0 Å². The fourth-order valence-corrected chi connectivity index (χ4v) is 2.25. The third-order valence-electron chi connectivity index (χ3n) is 3.69. The topological polar surface area (TPSA) is 76.7 Å². The molecular formula is C21H24N2O4. The van der Waals surface area contributed by atoms with Crippen molar-refractivity contribution in [2.24, 2.45) is 0 Å². The second-order valence-electron chi connectivity index (χ2n) is 5.79. The van der Waals surface area contributed by atoms with E-state index in [1.165, 1.54) is 6.08 Å². The largest absolute Gasteiger partial charge is 0.497 e. The monoisotopic (exact) mass is 368 g/mol. The van der Waals surface area contributed by atoms with E-state index in [4.69, 9.17) is 9.47 Å². The van der Waals surface area contributed by atoms with Crippen LogP contribution in [0.5, 0.6) is 11.5 Å². The second kappa shape index (κ2) is 10.7. The molecule has 0 aromatic heterocycles. The lowest BCUT2D eigenvalue weighted by atomic mass is 10.2. The summed E-state index contributed by atoms with van der Waals surface area (Å²) >= 11 is 0. The molecule has 0 aliphatic carbocycles. The second-order valence-corrected chi connectivity index (χ2v) is 5.79. The summed E-state index contributed by atoms with van der Waals surface area (Å²) in [4.78, 5) is 23.9. The van der Waals surface area contributed by atoms with Gasteiger partial charge in [-0.05, 0) is 30.7 Å². The van der Waals surface area contributed by atoms with E-state index >= 15 is 0 Å². The van der Waals surface area contributed by atoms with E-state index < -0.39 is 6.04 Å². The summed E-state index contributed by atoms with van der Waals surface area (Å²) in [5.41, 5.74) is 0.916. The van der Waals surface area contributed by atoms with Crippen molar-refractivity contribution in [3.05, 3.63) is 66.2 Å². The number of amides is 2. The molecule has 1 atom stereocenters. The van der Waals surface area contributed by atoms with Crippen LogP contribution in [0.1, 0.15) is 12.5 Å². The highest BCUT2D eigenvalue weighted by Crippen LogP contribution is 2.18. The van der Waals surface area contributed by atoms with Gasteiger partial charge < -0.3 is 20.1 Å². The lowest BCUT2D eigenvalue weighted by Gasteiger charge is -2.13. The lowest BCUT2D eigenvalue weighted by Crippen LogP contribution is -2.45. The molecule has 0 spiro atoms. The van der Waals surface area contributed by atoms with Crippen molar-refractivity contribution in [2.75, 3.05) is 20.3 Å². The average Bonchev–Trinajstić information content (AvgIpc) is 2.70. The van der Waals surface area contributed by atoms with Crippen molar-refractivity contribution in [2.45, 2.75) is 13.0 Å². The van der Waals surface area contributed by atoms with E-state index in [0.717, 1.165) is 5.56 Å². The SMILES string of the molecule is COc1cccc(OCCNC(=O)C(C)NC(=O)/C=C/c2ccccc2)c1. The van der Waals surface area contributed by atoms with Crippen molar-refractivity contribution in [1.29, 1.82) is 0 Å². The van der Waals surface area contributed by atoms with Gasteiger partial charge in [-0.15, -0.1) is 0 Å². The lowest BCUT2D eigenvalue weighted by molar-refractivity contribution is -0.126. The highest BCUT2D eigenvalue weighted by Gasteiger charge is 2.13. The number of carbonyl (C=O) groups excluding carboxylic acids is 2. The minimum atomic E-state index is -0.644. The summed E-state index contributed by atoms with van der Waals surface area (Å²) < 4.78 is 10.7. The standard InChI is InChI=1S/C21H24N2O4/c1-16(23-20(24)12-11-17-7-4-3-5-8-17)21(25)22-13-14-27-19-10-6-9-18(15-19)26-2/h3-12,15-16H,13-14H2,1-2H3,(H,22,25)(H,23,24)/b12-11+. The third kappa shape index (κ3) is 7.23. The molecule has 2 N–H and O–H groups in total. The molecule has 0 saturated heterocycles. The van der Waals surface area contributed by atoms with Crippen LogP contribution in [0.15, 0.2) is 60.7 Å². The molecule has 2 aromatic carbocycles. The number of methoxy groups -OCH3 is 1. The number of ether oxygens (including phenoxy) is 2. The van der Waals surface area contributed by atoms with Gasteiger partial charge >= 0.3 is 0 Å². The Labute approximate surface area is 159 Å². The van der Waals surface area contributed by atoms with Crippen LogP contribution >= 0.6 is 0 Å².